The molecule has 5 heteroatoms. The fourth-order valence-electron chi connectivity index (χ4n) is 3.89. The van der Waals surface area contributed by atoms with Crippen molar-refractivity contribution in [2.24, 2.45) is 0 Å². The topological polar surface area (TPSA) is 35.6 Å². The molecule has 24 heavy (non-hydrogen) atoms. The van der Waals surface area contributed by atoms with Gasteiger partial charge in [-0.15, -0.1) is 0 Å². The summed E-state index contributed by atoms with van der Waals surface area (Å²) in [5.74, 6) is -0.515. The van der Waals surface area contributed by atoms with Crippen molar-refractivity contribution in [3.05, 3.63) is 30.1 Å². The third kappa shape index (κ3) is 4.14. The van der Waals surface area contributed by atoms with Gasteiger partial charge in [0, 0.05) is 19.1 Å². The van der Waals surface area contributed by atoms with Crippen molar-refractivity contribution in [1.29, 1.82) is 0 Å². The van der Waals surface area contributed by atoms with E-state index in [9.17, 15) is 9.18 Å². The number of likely N-dealkylation sites (tertiary alicyclic amines) is 2. The molecule has 0 radical (unpaired) electrons. The highest BCUT2D eigenvalue weighted by molar-refractivity contribution is 5.94. The number of nitrogens with zero attached hydrogens (tertiary/aromatic N) is 2. The van der Waals surface area contributed by atoms with Crippen molar-refractivity contribution in [3.8, 4) is 0 Å². The number of para-hydroxylation sites is 1. The molecule has 1 N–H and O–H groups in total. The van der Waals surface area contributed by atoms with Crippen molar-refractivity contribution < 1.29 is 9.18 Å². The Labute approximate surface area is 144 Å². The minimum atomic E-state index is -0.387. The summed E-state index contributed by atoms with van der Waals surface area (Å²) in [6.45, 7) is 6.25. The van der Waals surface area contributed by atoms with Crippen LogP contribution in [0.4, 0.5) is 10.1 Å². The summed E-state index contributed by atoms with van der Waals surface area (Å²) >= 11 is 0. The van der Waals surface area contributed by atoms with E-state index in [-0.39, 0.29) is 23.5 Å². The van der Waals surface area contributed by atoms with Gasteiger partial charge in [0.25, 0.3) is 0 Å². The number of benzene rings is 1. The van der Waals surface area contributed by atoms with Crippen LogP contribution in [0.2, 0.25) is 0 Å². The monoisotopic (exact) mass is 333 g/mol. The van der Waals surface area contributed by atoms with E-state index in [1.54, 1.807) is 18.2 Å². The SMILES string of the molecule is C[C@H](C(=O)Nc1ccccc1F)N1CCC(N2CCCCC2)CC1. The average molecular weight is 333 g/mol. The van der Waals surface area contributed by atoms with Gasteiger partial charge in [0.05, 0.1) is 11.7 Å². The van der Waals surface area contributed by atoms with E-state index in [1.807, 2.05) is 6.92 Å². The third-order valence-corrected chi connectivity index (χ3v) is 5.47. The first-order valence-electron chi connectivity index (χ1n) is 9.18. The molecule has 2 fully saturated rings. The molecule has 4 nitrogen and oxygen atoms in total. The summed E-state index contributed by atoms with van der Waals surface area (Å²) in [5.41, 5.74) is 0.262. The molecule has 0 unspecified atom stereocenters. The molecule has 2 aliphatic heterocycles. The van der Waals surface area contributed by atoms with Crippen molar-refractivity contribution in [3.63, 3.8) is 0 Å². The second kappa shape index (κ2) is 8.08. The van der Waals surface area contributed by atoms with Gasteiger partial charge in [0.15, 0.2) is 0 Å². The van der Waals surface area contributed by atoms with Crippen LogP contribution < -0.4 is 5.32 Å². The van der Waals surface area contributed by atoms with E-state index in [0.29, 0.717) is 6.04 Å². The van der Waals surface area contributed by atoms with Gasteiger partial charge in [0.2, 0.25) is 5.91 Å². The first-order chi connectivity index (χ1) is 11.6. The molecule has 2 aliphatic rings. The van der Waals surface area contributed by atoms with E-state index in [4.69, 9.17) is 0 Å². The first kappa shape index (κ1) is 17.4. The number of anilines is 1. The fourth-order valence-corrected chi connectivity index (χ4v) is 3.89. The standard InChI is InChI=1S/C19H28FN3O/c1-15(19(24)21-18-8-4-3-7-17(18)20)22-13-9-16(10-14-22)23-11-5-2-6-12-23/h3-4,7-8,15-16H,2,5-6,9-14H2,1H3,(H,21,24)/t15-/m1/s1. The minimum Gasteiger partial charge on any atom is -0.322 e. The Balaban J connectivity index is 1.50. The zero-order chi connectivity index (χ0) is 16.9. The van der Waals surface area contributed by atoms with Gasteiger partial charge >= 0.3 is 0 Å². The Kier molecular flexibility index (Phi) is 5.85. The fraction of sp³-hybridized carbons (Fsp3) is 0.632. The summed E-state index contributed by atoms with van der Waals surface area (Å²) in [6, 6.07) is 6.76. The number of carbonyl (C=O) groups excluding carboxylic acids is 1. The number of amides is 1. The van der Waals surface area contributed by atoms with E-state index < -0.39 is 0 Å². The molecule has 2 saturated heterocycles. The largest absolute Gasteiger partial charge is 0.322 e. The van der Waals surface area contributed by atoms with Crippen molar-refractivity contribution in [2.75, 3.05) is 31.5 Å². The Morgan fingerprint density at radius 3 is 2.46 bits per heavy atom. The van der Waals surface area contributed by atoms with Crippen LogP contribution in [0.15, 0.2) is 24.3 Å². The molecule has 1 amide bonds. The van der Waals surface area contributed by atoms with Gasteiger partial charge in [-0.3, -0.25) is 9.69 Å². The van der Waals surface area contributed by atoms with Crippen LogP contribution in [0.25, 0.3) is 0 Å². The molecule has 1 atom stereocenters. The average Bonchev–Trinajstić information content (AvgIpc) is 2.64. The van der Waals surface area contributed by atoms with Crippen LogP contribution in [-0.4, -0.2) is 54.0 Å². The van der Waals surface area contributed by atoms with Crippen LogP contribution in [0.5, 0.6) is 0 Å². The Hall–Kier alpha value is -1.46. The van der Waals surface area contributed by atoms with E-state index in [1.165, 1.54) is 38.4 Å². The molecule has 0 bridgehead atoms. The number of nitrogens with one attached hydrogen (secondary N) is 1. The zero-order valence-electron chi connectivity index (χ0n) is 14.5. The van der Waals surface area contributed by atoms with E-state index in [2.05, 4.69) is 15.1 Å². The molecular formula is C19H28FN3O. The second-order valence-electron chi connectivity index (χ2n) is 7.01. The minimum absolute atomic E-state index is 0.128. The Bertz CT molecular complexity index is 551. The molecule has 1 aromatic carbocycles. The maximum absolute atomic E-state index is 13.7. The molecule has 3 rings (SSSR count). The van der Waals surface area contributed by atoms with E-state index >= 15 is 0 Å². The summed E-state index contributed by atoms with van der Waals surface area (Å²) in [7, 11) is 0. The van der Waals surface area contributed by atoms with Gasteiger partial charge in [-0.2, -0.15) is 0 Å². The summed E-state index contributed by atoms with van der Waals surface area (Å²) in [5, 5.41) is 2.72. The molecule has 2 heterocycles. The molecule has 0 aliphatic carbocycles. The lowest BCUT2D eigenvalue weighted by atomic mass is 9.99. The number of piperidine rings is 2. The lowest BCUT2D eigenvalue weighted by molar-refractivity contribution is -0.121. The smallest absolute Gasteiger partial charge is 0.241 e. The molecule has 0 aromatic heterocycles. The molecule has 1 aromatic rings. The zero-order valence-corrected chi connectivity index (χ0v) is 14.5. The van der Waals surface area contributed by atoms with Gasteiger partial charge in [0.1, 0.15) is 5.82 Å². The lowest BCUT2D eigenvalue weighted by Crippen LogP contribution is -2.51. The number of hydrogen-bond acceptors (Lipinski definition) is 3. The molecule has 0 spiro atoms. The number of halogens is 1. The summed E-state index contributed by atoms with van der Waals surface area (Å²) < 4.78 is 13.7. The molecular weight excluding hydrogens is 305 g/mol. The normalized spacial score (nSPS) is 22.2. The van der Waals surface area contributed by atoms with Gasteiger partial charge in [-0.1, -0.05) is 18.6 Å². The quantitative estimate of drug-likeness (QED) is 0.920. The van der Waals surface area contributed by atoms with Gasteiger partial charge < -0.3 is 10.2 Å². The van der Waals surface area contributed by atoms with Crippen molar-refractivity contribution in [1.82, 2.24) is 9.80 Å². The second-order valence-corrected chi connectivity index (χ2v) is 7.01. The van der Waals surface area contributed by atoms with Gasteiger partial charge in [-0.25, -0.2) is 4.39 Å². The first-order valence-corrected chi connectivity index (χ1v) is 9.18. The summed E-state index contributed by atoms with van der Waals surface area (Å²) in [4.78, 5) is 17.3. The maximum atomic E-state index is 13.7. The third-order valence-electron chi connectivity index (χ3n) is 5.47. The highest BCUT2D eigenvalue weighted by Crippen LogP contribution is 2.22. The Morgan fingerprint density at radius 1 is 1.12 bits per heavy atom. The van der Waals surface area contributed by atoms with Crippen LogP contribution >= 0.6 is 0 Å². The van der Waals surface area contributed by atoms with Gasteiger partial charge in [-0.05, 0) is 57.8 Å². The van der Waals surface area contributed by atoms with Crippen LogP contribution in [-0.2, 0) is 4.79 Å². The van der Waals surface area contributed by atoms with Crippen LogP contribution in [0, 0.1) is 5.82 Å². The Morgan fingerprint density at radius 2 is 1.79 bits per heavy atom. The lowest BCUT2D eigenvalue weighted by Gasteiger charge is -2.41. The molecule has 0 saturated carbocycles. The van der Waals surface area contributed by atoms with Crippen molar-refractivity contribution >= 4 is 11.6 Å². The molecule has 132 valence electrons. The van der Waals surface area contributed by atoms with Crippen LogP contribution in [0.3, 0.4) is 0 Å². The summed E-state index contributed by atoms with van der Waals surface area (Å²) in [6.07, 6.45) is 6.25. The van der Waals surface area contributed by atoms with E-state index in [0.717, 1.165) is 25.9 Å². The number of hydrogen-bond donors (Lipinski definition) is 1. The van der Waals surface area contributed by atoms with Crippen molar-refractivity contribution in [2.45, 2.75) is 51.1 Å². The maximum Gasteiger partial charge on any atom is 0.241 e. The number of rotatable bonds is 4. The number of carbonyl (C=O) groups is 1. The predicted octanol–water partition coefficient (Wildman–Crippen LogP) is 3.10. The highest BCUT2D eigenvalue weighted by Gasteiger charge is 2.29. The predicted molar refractivity (Wildman–Crippen MR) is 94.5 cm³/mol. The highest BCUT2D eigenvalue weighted by atomic mass is 19.1. The van der Waals surface area contributed by atoms with Crippen LogP contribution in [0.1, 0.15) is 39.0 Å².